The van der Waals surface area contributed by atoms with E-state index in [-0.39, 0.29) is 0 Å². The molecule has 0 radical (unpaired) electrons. The molecule has 3 aromatic heterocycles. The molecule has 1 aliphatic rings. The lowest BCUT2D eigenvalue weighted by Crippen LogP contribution is -2.44. The van der Waals surface area contributed by atoms with Gasteiger partial charge in [0.15, 0.2) is 11.6 Å². The summed E-state index contributed by atoms with van der Waals surface area (Å²) < 4.78 is 0. The van der Waals surface area contributed by atoms with E-state index in [2.05, 4.69) is 73.7 Å². The van der Waals surface area contributed by atoms with E-state index < -0.39 is 0 Å². The van der Waals surface area contributed by atoms with Crippen LogP contribution in [-0.2, 0) is 0 Å². The van der Waals surface area contributed by atoms with Crippen LogP contribution >= 0.6 is 0 Å². The van der Waals surface area contributed by atoms with Crippen molar-refractivity contribution in [1.82, 2.24) is 30.0 Å². The molecule has 0 bridgehead atoms. The molecule has 5 aromatic rings. The monoisotopic (exact) mass is 462 g/mol. The van der Waals surface area contributed by atoms with Gasteiger partial charge >= 0.3 is 0 Å². The third kappa shape index (κ3) is 4.43. The van der Waals surface area contributed by atoms with Gasteiger partial charge in [-0.3, -0.25) is 10.1 Å². The average molecular weight is 463 g/mol. The van der Waals surface area contributed by atoms with Gasteiger partial charge in [0.05, 0.1) is 6.20 Å². The summed E-state index contributed by atoms with van der Waals surface area (Å²) >= 11 is 0. The number of fused-ring (bicyclic) bond motifs is 1. The summed E-state index contributed by atoms with van der Waals surface area (Å²) in [6.07, 6.45) is 5.37. The van der Waals surface area contributed by atoms with E-state index in [0.717, 1.165) is 59.6 Å². The summed E-state index contributed by atoms with van der Waals surface area (Å²) in [6, 6.07) is 20.7. The van der Waals surface area contributed by atoms with Crippen molar-refractivity contribution >= 4 is 28.2 Å². The number of H-pyrrole nitrogens is 1. The van der Waals surface area contributed by atoms with Gasteiger partial charge in [0.1, 0.15) is 11.0 Å². The Kier molecular flexibility index (Phi) is 5.56. The van der Waals surface area contributed by atoms with E-state index in [9.17, 15) is 0 Å². The normalized spacial score (nSPS) is 14.4. The van der Waals surface area contributed by atoms with Crippen molar-refractivity contribution in [2.45, 2.75) is 0 Å². The molecule has 174 valence electrons. The first-order valence-corrected chi connectivity index (χ1v) is 11.8. The second-order valence-corrected chi connectivity index (χ2v) is 8.81. The van der Waals surface area contributed by atoms with Crippen LogP contribution in [0.25, 0.3) is 33.5 Å². The molecular formula is C27H26N8. The Hall–Kier alpha value is -4.30. The molecule has 2 aromatic carbocycles. The SMILES string of the molecule is CN1CCN(c2ccc(Nc3nc(-c4cccc(-c5cccnc5)c4)nc4cn[nH]c34)cc2)CC1. The summed E-state index contributed by atoms with van der Waals surface area (Å²) in [5, 5.41) is 10.7. The first-order chi connectivity index (χ1) is 17.2. The van der Waals surface area contributed by atoms with Crippen LogP contribution in [0.15, 0.2) is 79.3 Å². The van der Waals surface area contributed by atoms with E-state index >= 15 is 0 Å². The first-order valence-electron chi connectivity index (χ1n) is 11.8. The number of nitrogens with zero attached hydrogens (tertiary/aromatic N) is 6. The molecule has 0 unspecified atom stereocenters. The predicted octanol–water partition coefficient (Wildman–Crippen LogP) is 4.58. The maximum absolute atomic E-state index is 4.87. The van der Waals surface area contributed by atoms with Gasteiger partial charge in [0.25, 0.3) is 0 Å². The number of hydrogen-bond acceptors (Lipinski definition) is 7. The predicted molar refractivity (Wildman–Crippen MR) is 140 cm³/mol. The number of rotatable bonds is 5. The lowest BCUT2D eigenvalue weighted by molar-refractivity contribution is 0.313. The quantitative estimate of drug-likeness (QED) is 0.395. The van der Waals surface area contributed by atoms with Crippen molar-refractivity contribution in [3.05, 3.63) is 79.3 Å². The molecule has 1 saturated heterocycles. The van der Waals surface area contributed by atoms with Crippen molar-refractivity contribution in [2.24, 2.45) is 0 Å². The second kappa shape index (κ2) is 9.15. The number of likely N-dealkylation sites (N-methyl/N-ethyl adjacent to an activating group) is 1. The number of anilines is 3. The smallest absolute Gasteiger partial charge is 0.162 e. The van der Waals surface area contributed by atoms with Gasteiger partial charge in [0, 0.05) is 61.1 Å². The van der Waals surface area contributed by atoms with Crippen LogP contribution in [0.4, 0.5) is 17.2 Å². The van der Waals surface area contributed by atoms with Crippen molar-refractivity contribution in [1.29, 1.82) is 0 Å². The highest BCUT2D eigenvalue weighted by Gasteiger charge is 2.15. The molecule has 6 rings (SSSR count). The number of hydrogen-bond donors (Lipinski definition) is 2. The Morgan fingerprint density at radius 3 is 2.43 bits per heavy atom. The Morgan fingerprint density at radius 1 is 0.829 bits per heavy atom. The van der Waals surface area contributed by atoms with Crippen molar-refractivity contribution in [3.63, 3.8) is 0 Å². The van der Waals surface area contributed by atoms with Crippen molar-refractivity contribution < 1.29 is 0 Å². The third-order valence-corrected chi connectivity index (χ3v) is 6.41. The number of benzene rings is 2. The van der Waals surface area contributed by atoms with E-state index in [1.165, 1.54) is 5.69 Å². The van der Waals surface area contributed by atoms with Gasteiger partial charge in [0.2, 0.25) is 0 Å². The summed E-state index contributed by atoms with van der Waals surface area (Å²) in [5.41, 5.74) is 6.80. The molecule has 1 aliphatic heterocycles. The Morgan fingerprint density at radius 2 is 1.63 bits per heavy atom. The second-order valence-electron chi connectivity index (χ2n) is 8.81. The van der Waals surface area contributed by atoms with Crippen LogP contribution in [0.5, 0.6) is 0 Å². The molecule has 0 saturated carbocycles. The summed E-state index contributed by atoms with van der Waals surface area (Å²) in [4.78, 5) is 18.6. The fraction of sp³-hybridized carbons (Fsp3) is 0.185. The van der Waals surface area contributed by atoms with E-state index in [1.807, 2.05) is 30.5 Å². The molecule has 8 nitrogen and oxygen atoms in total. The molecule has 0 atom stereocenters. The number of piperazine rings is 1. The molecule has 4 heterocycles. The fourth-order valence-corrected chi connectivity index (χ4v) is 4.39. The number of nitrogens with one attached hydrogen (secondary N) is 2. The molecule has 0 aliphatic carbocycles. The minimum absolute atomic E-state index is 0.640. The molecule has 35 heavy (non-hydrogen) atoms. The highest BCUT2D eigenvalue weighted by Crippen LogP contribution is 2.29. The van der Waals surface area contributed by atoms with Gasteiger partial charge < -0.3 is 15.1 Å². The van der Waals surface area contributed by atoms with Gasteiger partial charge in [-0.15, -0.1) is 0 Å². The Labute approximate surface area is 203 Å². The Balaban J connectivity index is 1.30. The number of aromatic nitrogens is 5. The van der Waals surface area contributed by atoms with Gasteiger partial charge in [-0.2, -0.15) is 5.10 Å². The maximum atomic E-state index is 4.87. The summed E-state index contributed by atoms with van der Waals surface area (Å²) in [6.45, 7) is 4.27. The number of pyridine rings is 1. The van der Waals surface area contributed by atoms with Crippen LogP contribution in [0.3, 0.4) is 0 Å². The topological polar surface area (TPSA) is 85.9 Å². The first kappa shape index (κ1) is 21.2. The van der Waals surface area contributed by atoms with Gasteiger partial charge in [-0.1, -0.05) is 24.3 Å². The van der Waals surface area contributed by atoms with E-state index in [1.54, 1.807) is 12.4 Å². The van der Waals surface area contributed by atoms with Gasteiger partial charge in [-0.05, 0) is 49.0 Å². The highest BCUT2D eigenvalue weighted by atomic mass is 15.2. The largest absolute Gasteiger partial charge is 0.369 e. The summed E-state index contributed by atoms with van der Waals surface area (Å²) in [7, 11) is 2.17. The Bertz CT molecular complexity index is 1440. The molecule has 0 spiro atoms. The minimum Gasteiger partial charge on any atom is -0.369 e. The molecule has 2 N–H and O–H groups in total. The van der Waals surface area contributed by atoms with Crippen molar-refractivity contribution in [2.75, 3.05) is 43.4 Å². The van der Waals surface area contributed by atoms with Gasteiger partial charge in [-0.25, -0.2) is 9.97 Å². The molecule has 8 heteroatoms. The van der Waals surface area contributed by atoms with E-state index in [4.69, 9.17) is 9.97 Å². The lowest BCUT2D eigenvalue weighted by Gasteiger charge is -2.34. The standard InChI is InChI=1S/C27H26N8/c1-34-12-14-35(15-13-34)23-9-7-22(8-10-23)30-27-25-24(18-29-33-25)31-26(32-27)20-5-2-4-19(16-20)21-6-3-11-28-17-21/h2-11,16-18H,12-15H2,1H3,(H,29,33)(H,30,31,32). The minimum atomic E-state index is 0.640. The highest BCUT2D eigenvalue weighted by molar-refractivity contribution is 5.89. The zero-order valence-corrected chi connectivity index (χ0v) is 19.5. The number of aromatic amines is 1. The zero-order chi connectivity index (χ0) is 23.6. The zero-order valence-electron chi connectivity index (χ0n) is 19.5. The summed E-state index contributed by atoms with van der Waals surface area (Å²) in [5.74, 6) is 1.34. The molecule has 1 fully saturated rings. The van der Waals surface area contributed by atoms with Crippen LogP contribution in [0, 0.1) is 0 Å². The van der Waals surface area contributed by atoms with E-state index in [0.29, 0.717) is 11.6 Å². The molecular weight excluding hydrogens is 436 g/mol. The third-order valence-electron chi connectivity index (χ3n) is 6.41. The van der Waals surface area contributed by atoms with Crippen LogP contribution < -0.4 is 10.2 Å². The maximum Gasteiger partial charge on any atom is 0.162 e. The van der Waals surface area contributed by atoms with Crippen molar-refractivity contribution in [3.8, 4) is 22.5 Å². The average Bonchev–Trinajstić information content (AvgIpc) is 3.40. The van der Waals surface area contributed by atoms with Crippen LogP contribution in [0.1, 0.15) is 0 Å². The fourth-order valence-electron chi connectivity index (χ4n) is 4.39. The molecule has 0 amide bonds. The van der Waals surface area contributed by atoms with Crippen LogP contribution in [-0.4, -0.2) is 63.3 Å². The van der Waals surface area contributed by atoms with Crippen LogP contribution in [0.2, 0.25) is 0 Å². The lowest BCUT2D eigenvalue weighted by atomic mass is 10.0.